The van der Waals surface area contributed by atoms with Crippen LogP contribution < -0.4 is 10.6 Å². The van der Waals surface area contributed by atoms with E-state index in [0.717, 1.165) is 12.0 Å². The lowest BCUT2D eigenvalue weighted by Gasteiger charge is -2.34. The van der Waals surface area contributed by atoms with Gasteiger partial charge in [-0.05, 0) is 50.5 Å². The topological polar surface area (TPSA) is 108 Å². The number of aliphatic hydroxyl groups excluding tert-OH is 1. The average Bonchev–Trinajstić information content (AvgIpc) is 2.87. The smallest absolute Gasteiger partial charge is 0.408 e. The molecule has 0 heterocycles. The molecule has 0 aliphatic heterocycles. The van der Waals surface area contributed by atoms with E-state index in [1.54, 1.807) is 45.0 Å². The van der Waals surface area contributed by atoms with Crippen molar-refractivity contribution >= 4 is 17.9 Å². The Hall–Kier alpha value is -3.83. The van der Waals surface area contributed by atoms with Gasteiger partial charge in [-0.1, -0.05) is 61.7 Å². The molecule has 0 fully saturated rings. The number of hydrogen-bond acceptors (Lipinski definition) is 5. The lowest BCUT2D eigenvalue weighted by molar-refractivity contribution is -0.143. The second-order valence-electron chi connectivity index (χ2n) is 9.64. The maximum Gasteiger partial charge on any atom is 0.408 e. The van der Waals surface area contributed by atoms with Crippen LogP contribution in [0.1, 0.15) is 63.3 Å². The van der Waals surface area contributed by atoms with Crippen molar-refractivity contribution in [2.45, 2.75) is 64.8 Å². The van der Waals surface area contributed by atoms with Crippen LogP contribution in [-0.4, -0.2) is 52.7 Å². The Labute approximate surface area is 219 Å². The van der Waals surface area contributed by atoms with Crippen LogP contribution in [0.15, 0.2) is 54.6 Å². The van der Waals surface area contributed by atoms with E-state index < -0.39 is 42.2 Å². The summed E-state index contributed by atoms with van der Waals surface area (Å²) in [5, 5.41) is 15.3. The Bertz CT molecular complexity index is 1070. The zero-order chi connectivity index (χ0) is 27.4. The van der Waals surface area contributed by atoms with Gasteiger partial charge in [0.2, 0.25) is 11.8 Å². The lowest BCUT2D eigenvalue weighted by Crippen LogP contribution is -2.54. The van der Waals surface area contributed by atoms with Gasteiger partial charge in [-0.2, -0.15) is 0 Å². The first-order valence-electron chi connectivity index (χ1n) is 12.4. The third kappa shape index (κ3) is 9.28. The Morgan fingerprint density at radius 3 is 2.27 bits per heavy atom. The second-order valence-corrected chi connectivity index (χ2v) is 9.64. The molecule has 8 nitrogen and oxygen atoms in total. The molecule has 2 rings (SSSR count). The monoisotopic (exact) mass is 507 g/mol. The van der Waals surface area contributed by atoms with Crippen molar-refractivity contribution in [3.63, 3.8) is 0 Å². The molecule has 3 N–H and O–H groups in total. The van der Waals surface area contributed by atoms with E-state index in [4.69, 9.17) is 11.2 Å². The Morgan fingerprint density at radius 1 is 1.08 bits per heavy atom. The fraction of sp³-hybridized carbons (Fsp3) is 0.414. The highest BCUT2D eigenvalue weighted by atomic mass is 16.6. The average molecular weight is 508 g/mol. The molecule has 37 heavy (non-hydrogen) atoms. The molecular formula is C29H37N3O5. The van der Waals surface area contributed by atoms with Crippen molar-refractivity contribution in [2.75, 3.05) is 13.2 Å². The molecule has 0 bridgehead atoms. The normalized spacial score (nSPS) is 12.5. The van der Waals surface area contributed by atoms with Gasteiger partial charge in [-0.15, -0.1) is 6.42 Å². The van der Waals surface area contributed by atoms with E-state index in [-0.39, 0.29) is 13.1 Å². The van der Waals surface area contributed by atoms with Gasteiger partial charge in [0.15, 0.2) is 0 Å². The summed E-state index contributed by atoms with van der Waals surface area (Å²) in [7, 11) is 0. The maximum absolute atomic E-state index is 13.7. The molecule has 0 saturated heterocycles. The summed E-state index contributed by atoms with van der Waals surface area (Å²) >= 11 is 0. The van der Waals surface area contributed by atoms with Crippen LogP contribution in [0.4, 0.5) is 4.79 Å². The second kappa shape index (κ2) is 14.0. The van der Waals surface area contributed by atoms with Crippen molar-refractivity contribution < 1.29 is 24.2 Å². The molecule has 198 valence electrons. The zero-order valence-corrected chi connectivity index (χ0v) is 22.0. The Kier molecular flexibility index (Phi) is 11.2. The number of nitrogens with zero attached hydrogens (tertiary/aromatic N) is 1. The molecule has 2 unspecified atom stereocenters. The molecule has 0 aromatic heterocycles. The predicted octanol–water partition coefficient (Wildman–Crippen LogP) is 3.54. The van der Waals surface area contributed by atoms with E-state index in [1.807, 2.05) is 37.3 Å². The lowest BCUT2D eigenvalue weighted by atomic mass is 10.0. The SMILES string of the molecule is C#Cc1ccc(C(C(=O)NCc2ccccc2)N(CCCC)C(=O)C(CO)NC(=O)OC(C)(C)C)cc1. The van der Waals surface area contributed by atoms with E-state index in [0.29, 0.717) is 17.5 Å². The van der Waals surface area contributed by atoms with Crippen LogP contribution in [0.5, 0.6) is 0 Å². The van der Waals surface area contributed by atoms with Crippen molar-refractivity contribution in [3.8, 4) is 12.3 Å². The molecule has 2 aromatic rings. The molecule has 0 spiro atoms. The first-order chi connectivity index (χ1) is 17.6. The Morgan fingerprint density at radius 2 is 1.73 bits per heavy atom. The molecule has 8 heteroatoms. The van der Waals surface area contributed by atoms with Crippen LogP contribution in [0, 0.1) is 12.3 Å². The number of unbranched alkanes of at least 4 members (excludes halogenated alkanes) is 1. The first-order valence-corrected chi connectivity index (χ1v) is 12.4. The number of hydrogen-bond donors (Lipinski definition) is 3. The minimum Gasteiger partial charge on any atom is -0.444 e. The summed E-state index contributed by atoms with van der Waals surface area (Å²) in [6, 6.07) is 14.0. The van der Waals surface area contributed by atoms with Gasteiger partial charge >= 0.3 is 6.09 Å². The number of terminal acetylenes is 1. The van der Waals surface area contributed by atoms with Crippen LogP contribution in [-0.2, 0) is 20.9 Å². The summed E-state index contributed by atoms with van der Waals surface area (Å²) in [6.07, 6.45) is 6.04. The maximum atomic E-state index is 13.7. The van der Waals surface area contributed by atoms with E-state index in [2.05, 4.69) is 16.6 Å². The highest BCUT2D eigenvalue weighted by molar-refractivity contribution is 5.92. The van der Waals surface area contributed by atoms with Gasteiger partial charge < -0.3 is 25.4 Å². The minimum atomic E-state index is -1.29. The highest BCUT2D eigenvalue weighted by Crippen LogP contribution is 2.24. The molecular weight excluding hydrogens is 470 g/mol. The first kappa shape index (κ1) is 29.4. The number of carbonyl (C=O) groups is 3. The minimum absolute atomic E-state index is 0.238. The van der Waals surface area contributed by atoms with Crippen molar-refractivity contribution in [2.24, 2.45) is 0 Å². The van der Waals surface area contributed by atoms with Gasteiger partial charge in [0.05, 0.1) is 6.61 Å². The number of nitrogens with one attached hydrogen (secondary N) is 2. The number of amides is 3. The molecule has 3 amide bonds. The molecule has 0 radical (unpaired) electrons. The van der Waals surface area contributed by atoms with Crippen LogP contribution in [0.25, 0.3) is 0 Å². The van der Waals surface area contributed by atoms with E-state index >= 15 is 0 Å². The third-order valence-electron chi connectivity index (χ3n) is 5.47. The highest BCUT2D eigenvalue weighted by Gasteiger charge is 2.35. The van der Waals surface area contributed by atoms with Gasteiger partial charge in [0, 0.05) is 18.7 Å². The molecule has 2 aromatic carbocycles. The van der Waals surface area contributed by atoms with Gasteiger partial charge in [0.25, 0.3) is 0 Å². The van der Waals surface area contributed by atoms with Crippen LogP contribution in [0.2, 0.25) is 0 Å². The number of rotatable bonds is 11. The van der Waals surface area contributed by atoms with Gasteiger partial charge in [-0.25, -0.2) is 4.79 Å². The van der Waals surface area contributed by atoms with Crippen molar-refractivity contribution in [1.29, 1.82) is 0 Å². The standard InChI is InChI=1S/C29H37N3O5/c1-6-8-18-32(27(35)24(20-33)31-28(36)37-29(3,4)5)25(23-16-14-21(7-2)15-17-23)26(34)30-19-22-12-10-9-11-13-22/h2,9-17,24-25,33H,6,8,18-20H2,1,3-5H3,(H,30,34)(H,31,36). The third-order valence-corrected chi connectivity index (χ3v) is 5.47. The predicted molar refractivity (Wildman–Crippen MR) is 142 cm³/mol. The number of benzene rings is 2. The summed E-state index contributed by atoms with van der Waals surface area (Å²) in [5.41, 5.74) is 1.32. The Balaban J connectivity index is 2.40. The zero-order valence-electron chi connectivity index (χ0n) is 22.0. The quantitative estimate of drug-likeness (QED) is 0.403. The summed E-state index contributed by atoms with van der Waals surface area (Å²) in [4.78, 5) is 41.0. The fourth-order valence-electron chi connectivity index (χ4n) is 3.65. The summed E-state index contributed by atoms with van der Waals surface area (Å²) < 4.78 is 5.26. The van der Waals surface area contributed by atoms with Gasteiger partial charge in [0.1, 0.15) is 17.7 Å². The van der Waals surface area contributed by atoms with E-state index in [9.17, 15) is 19.5 Å². The largest absolute Gasteiger partial charge is 0.444 e. The fourth-order valence-corrected chi connectivity index (χ4v) is 3.65. The molecule has 2 atom stereocenters. The number of carbonyl (C=O) groups excluding carboxylic acids is 3. The van der Waals surface area contributed by atoms with Crippen LogP contribution >= 0.6 is 0 Å². The molecule has 0 saturated carbocycles. The van der Waals surface area contributed by atoms with Crippen molar-refractivity contribution in [3.05, 3.63) is 71.3 Å². The number of alkyl carbamates (subject to hydrolysis) is 1. The van der Waals surface area contributed by atoms with Crippen LogP contribution in [0.3, 0.4) is 0 Å². The van der Waals surface area contributed by atoms with Gasteiger partial charge in [-0.3, -0.25) is 9.59 Å². The van der Waals surface area contributed by atoms with Crippen molar-refractivity contribution in [1.82, 2.24) is 15.5 Å². The molecule has 0 aliphatic carbocycles. The molecule has 0 aliphatic rings. The summed E-state index contributed by atoms with van der Waals surface area (Å²) in [6.45, 7) is 6.91. The van der Waals surface area contributed by atoms with E-state index in [1.165, 1.54) is 4.90 Å². The summed E-state index contributed by atoms with van der Waals surface area (Å²) in [5.74, 6) is 1.56. The number of aliphatic hydroxyl groups is 1. The number of ether oxygens (including phenoxy) is 1.